The highest BCUT2D eigenvalue weighted by Crippen LogP contribution is 2.37. The van der Waals surface area contributed by atoms with E-state index in [1.165, 1.54) is 0 Å². The third-order valence-corrected chi connectivity index (χ3v) is 3.90. The van der Waals surface area contributed by atoms with Crippen molar-refractivity contribution in [3.63, 3.8) is 0 Å². The third kappa shape index (κ3) is 3.13. The molecule has 5 heteroatoms. The van der Waals surface area contributed by atoms with Crippen molar-refractivity contribution in [2.75, 3.05) is 0 Å². The standard InChI is InChI=1S/C16H23N3O2/c1-10(2)20-16-13-9-18-19-14(13)7-8-15(16)21-12-5-3-11(17)4-6-12/h7-12H,3-6,17H2,1-2H3,(H,18,19). The molecule has 3 rings (SSSR count). The van der Waals surface area contributed by atoms with Crippen LogP contribution in [-0.2, 0) is 0 Å². The lowest BCUT2D eigenvalue weighted by molar-refractivity contribution is 0.136. The number of nitrogens with two attached hydrogens (primary N) is 1. The van der Waals surface area contributed by atoms with E-state index in [2.05, 4.69) is 10.2 Å². The van der Waals surface area contributed by atoms with Gasteiger partial charge in [0.2, 0.25) is 0 Å². The number of aromatic nitrogens is 2. The molecule has 0 amide bonds. The number of hydrogen-bond acceptors (Lipinski definition) is 4. The quantitative estimate of drug-likeness (QED) is 0.907. The Morgan fingerprint density at radius 1 is 1.24 bits per heavy atom. The Labute approximate surface area is 124 Å². The van der Waals surface area contributed by atoms with Crippen LogP contribution in [0.5, 0.6) is 11.5 Å². The first-order valence-corrected chi connectivity index (χ1v) is 7.68. The van der Waals surface area contributed by atoms with Crippen LogP contribution in [0.25, 0.3) is 10.9 Å². The van der Waals surface area contributed by atoms with Crippen LogP contribution < -0.4 is 15.2 Å². The number of aromatic amines is 1. The maximum atomic E-state index is 6.19. The summed E-state index contributed by atoms with van der Waals surface area (Å²) in [5, 5.41) is 8.02. The van der Waals surface area contributed by atoms with E-state index in [1.54, 1.807) is 6.20 Å². The van der Waals surface area contributed by atoms with Gasteiger partial charge in [-0.3, -0.25) is 5.10 Å². The molecular formula is C16H23N3O2. The number of benzene rings is 1. The minimum absolute atomic E-state index is 0.0904. The second kappa shape index (κ2) is 5.93. The molecule has 1 aliphatic carbocycles. The van der Waals surface area contributed by atoms with Gasteiger partial charge in [0.25, 0.3) is 0 Å². The molecule has 1 fully saturated rings. The zero-order valence-corrected chi connectivity index (χ0v) is 12.6. The van der Waals surface area contributed by atoms with Gasteiger partial charge < -0.3 is 15.2 Å². The fourth-order valence-electron chi connectivity index (χ4n) is 2.81. The number of hydrogen-bond donors (Lipinski definition) is 2. The lowest BCUT2D eigenvalue weighted by atomic mass is 9.94. The lowest BCUT2D eigenvalue weighted by Gasteiger charge is -2.27. The molecule has 0 atom stereocenters. The molecule has 2 aromatic rings. The van der Waals surface area contributed by atoms with E-state index in [1.807, 2.05) is 26.0 Å². The van der Waals surface area contributed by atoms with Crippen LogP contribution in [0.1, 0.15) is 39.5 Å². The van der Waals surface area contributed by atoms with Crippen molar-refractivity contribution in [3.05, 3.63) is 18.3 Å². The average Bonchev–Trinajstić information content (AvgIpc) is 2.92. The van der Waals surface area contributed by atoms with Gasteiger partial charge in [0.05, 0.1) is 29.3 Å². The molecule has 0 saturated heterocycles. The Balaban J connectivity index is 1.86. The summed E-state index contributed by atoms with van der Waals surface area (Å²) in [5.41, 5.74) is 6.92. The molecule has 5 nitrogen and oxygen atoms in total. The first kappa shape index (κ1) is 14.2. The number of ether oxygens (including phenoxy) is 2. The number of fused-ring (bicyclic) bond motifs is 1. The Morgan fingerprint density at radius 3 is 2.71 bits per heavy atom. The van der Waals surface area contributed by atoms with E-state index in [-0.39, 0.29) is 12.2 Å². The summed E-state index contributed by atoms with van der Waals surface area (Å²) < 4.78 is 12.2. The van der Waals surface area contributed by atoms with Gasteiger partial charge in [-0.2, -0.15) is 5.10 Å². The van der Waals surface area contributed by atoms with E-state index >= 15 is 0 Å². The highest BCUT2D eigenvalue weighted by atomic mass is 16.5. The highest BCUT2D eigenvalue weighted by molar-refractivity contribution is 5.87. The molecule has 1 aliphatic rings. The summed E-state index contributed by atoms with van der Waals surface area (Å²) >= 11 is 0. The smallest absolute Gasteiger partial charge is 0.172 e. The molecule has 0 aliphatic heterocycles. The van der Waals surface area contributed by atoms with E-state index in [0.717, 1.165) is 48.1 Å². The maximum absolute atomic E-state index is 6.19. The number of rotatable bonds is 4. The predicted octanol–water partition coefficient (Wildman–Crippen LogP) is 3.00. The predicted molar refractivity (Wildman–Crippen MR) is 82.7 cm³/mol. The fourth-order valence-corrected chi connectivity index (χ4v) is 2.81. The van der Waals surface area contributed by atoms with Crippen molar-refractivity contribution in [2.24, 2.45) is 5.73 Å². The Bertz CT molecular complexity index is 601. The number of nitrogens with zero attached hydrogens (tertiary/aromatic N) is 1. The van der Waals surface area contributed by atoms with Crippen LogP contribution >= 0.6 is 0 Å². The molecule has 1 saturated carbocycles. The molecule has 0 radical (unpaired) electrons. The van der Waals surface area contributed by atoms with Crippen LogP contribution in [0.3, 0.4) is 0 Å². The van der Waals surface area contributed by atoms with Gasteiger partial charge in [-0.25, -0.2) is 0 Å². The molecule has 0 unspecified atom stereocenters. The van der Waals surface area contributed by atoms with Crippen LogP contribution in [-0.4, -0.2) is 28.4 Å². The first-order valence-electron chi connectivity index (χ1n) is 7.68. The molecule has 0 bridgehead atoms. The second-order valence-corrected chi connectivity index (χ2v) is 6.05. The number of nitrogens with one attached hydrogen (secondary N) is 1. The van der Waals surface area contributed by atoms with E-state index in [0.29, 0.717) is 6.04 Å². The Kier molecular flexibility index (Phi) is 4.01. The van der Waals surface area contributed by atoms with Crippen LogP contribution in [0.4, 0.5) is 0 Å². The third-order valence-electron chi connectivity index (χ3n) is 3.90. The maximum Gasteiger partial charge on any atom is 0.172 e. The second-order valence-electron chi connectivity index (χ2n) is 6.05. The van der Waals surface area contributed by atoms with Crippen LogP contribution in [0.2, 0.25) is 0 Å². The molecule has 21 heavy (non-hydrogen) atoms. The zero-order chi connectivity index (χ0) is 14.8. The van der Waals surface area contributed by atoms with Gasteiger partial charge in [0, 0.05) is 6.04 Å². The van der Waals surface area contributed by atoms with Gasteiger partial charge in [0.1, 0.15) is 0 Å². The molecule has 114 valence electrons. The average molecular weight is 289 g/mol. The molecular weight excluding hydrogens is 266 g/mol. The summed E-state index contributed by atoms with van der Waals surface area (Å²) in [6.07, 6.45) is 6.17. The minimum Gasteiger partial charge on any atom is -0.487 e. The van der Waals surface area contributed by atoms with Crippen molar-refractivity contribution >= 4 is 10.9 Å². The molecule has 0 spiro atoms. The van der Waals surface area contributed by atoms with Crippen molar-refractivity contribution in [1.29, 1.82) is 0 Å². The zero-order valence-electron chi connectivity index (χ0n) is 12.6. The molecule has 3 N–H and O–H groups in total. The highest BCUT2D eigenvalue weighted by Gasteiger charge is 2.22. The summed E-state index contributed by atoms with van der Waals surface area (Å²) in [4.78, 5) is 0. The molecule has 1 heterocycles. The first-order chi connectivity index (χ1) is 10.1. The van der Waals surface area contributed by atoms with Gasteiger partial charge in [-0.15, -0.1) is 0 Å². The Morgan fingerprint density at radius 2 is 2.00 bits per heavy atom. The summed E-state index contributed by atoms with van der Waals surface area (Å²) in [7, 11) is 0. The van der Waals surface area contributed by atoms with Crippen LogP contribution in [0, 0.1) is 0 Å². The summed E-state index contributed by atoms with van der Waals surface area (Å²) in [6.45, 7) is 4.03. The SMILES string of the molecule is CC(C)Oc1c(OC2CCC(N)CC2)ccc2[nH]ncc12. The van der Waals surface area contributed by atoms with Crippen molar-refractivity contribution in [3.8, 4) is 11.5 Å². The normalized spacial score (nSPS) is 22.7. The van der Waals surface area contributed by atoms with Gasteiger partial charge in [0.15, 0.2) is 11.5 Å². The van der Waals surface area contributed by atoms with Crippen molar-refractivity contribution in [1.82, 2.24) is 10.2 Å². The van der Waals surface area contributed by atoms with Crippen molar-refractivity contribution < 1.29 is 9.47 Å². The van der Waals surface area contributed by atoms with Crippen molar-refractivity contribution in [2.45, 2.75) is 57.8 Å². The molecule has 1 aromatic heterocycles. The summed E-state index contributed by atoms with van der Waals surface area (Å²) in [5.74, 6) is 1.59. The lowest BCUT2D eigenvalue weighted by Crippen LogP contribution is -2.31. The Hall–Kier alpha value is -1.75. The van der Waals surface area contributed by atoms with Crippen LogP contribution in [0.15, 0.2) is 18.3 Å². The van der Waals surface area contributed by atoms with Gasteiger partial charge in [-0.05, 0) is 51.7 Å². The van der Waals surface area contributed by atoms with E-state index < -0.39 is 0 Å². The largest absolute Gasteiger partial charge is 0.487 e. The van der Waals surface area contributed by atoms with E-state index in [9.17, 15) is 0 Å². The fraction of sp³-hybridized carbons (Fsp3) is 0.562. The monoisotopic (exact) mass is 289 g/mol. The summed E-state index contributed by atoms with van der Waals surface area (Å²) in [6, 6.07) is 4.28. The number of H-pyrrole nitrogens is 1. The van der Waals surface area contributed by atoms with E-state index in [4.69, 9.17) is 15.2 Å². The minimum atomic E-state index is 0.0904. The van der Waals surface area contributed by atoms with Gasteiger partial charge >= 0.3 is 0 Å². The van der Waals surface area contributed by atoms with Gasteiger partial charge in [-0.1, -0.05) is 0 Å². The topological polar surface area (TPSA) is 73.2 Å². The molecule has 1 aromatic carbocycles.